The Morgan fingerprint density at radius 3 is 2.47 bits per heavy atom. The van der Waals surface area contributed by atoms with E-state index in [9.17, 15) is 13.2 Å². The highest BCUT2D eigenvalue weighted by atomic mass is 19.4. The number of allylic oxidation sites excluding steroid dienone is 3. The molecule has 4 aliphatic rings. The zero-order chi connectivity index (χ0) is 27.1. The molecule has 0 amide bonds. The van der Waals surface area contributed by atoms with Crippen molar-refractivity contribution in [2.24, 2.45) is 10.4 Å². The van der Waals surface area contributed by atoms with Crippen LogP contribution in [-0.2, 0) is 5.41 Å². The zero-order valence-corrected chi connectivity index (χ0v) is 22.4. The van der Waals surface area contributed by atoms with Crippen molar-refractivity contribution in [1.29, 1.82) is 0 Å². The van der Waals surface area contributed by atoms with Gasteiger partial charge in [-0.1, -0.05) is 32.1 Å². The van der Waals surface area contributed by atoms with Gasteiger partial charge in [0.1, 0.15) is 11.7 Å². The van der Waals surface area contributed by atoms with Crippen molar-refractivity contribution >= 4 is 11.5 Å². The Morgan fingerprint density at radius 2 is 1.87 bits per heavy atom. The third kappa shape index (κ3) is 4.66. The largest absolute Gasteiger partial charge is 0.418 e. The zero-order valence-electron chi connectivity index (χ0n) is 22.4. The summed E-state index contributed by atoms with van der Waals surface area (Å²) in [5.74, 6) is 1.38. The number of nitrogens with zero attached hydrogens (tertiary/aromatic N) is 3. The lowest BCUT2D eigenvalue weighted by Crippen LogP contribution is -2.43. The van der Waals surface area contributed by atoms with Gasteiger partial charge in [0.05, 0.1) is 11.3 Å². The SMILES string of the molecule is C=C1N2C=C(C3(C)CCNCC3)C=C(C(F)(F)F)C2=CN1c1cccc(C2(CC(=NC)NNC)CCC2)c1. The third-order valence-corrected chi connectivity index (χ3v) is 8.71. The van der Waals surface area contributed by atoms with Gasteiger partial charge in [-0.25, -0.2) is 5.43 Å². The first-order valence-corrected chi connectivity index (χ1v) is 13.3. The van der Waals surface area contributed by atoms with E-state index in [1.54, 1.807) is 23.0 Å². The Labute approximate surface area is 223 Å². The van der Waals surface area contributed by atoms with Crippen LogP contribution in [0.25, 0.3) is 0 Å². The Morgan fingerprint density at radius 1 is 1.13 bits per heavy atom. The maximum atomic E-state index is 14.3. The second-order valence-electron chi connectivity index (χ2n) is 11.0. The van der Waals surface area contributed by atoms with Gasteiger partial charge < -0.3 is 20.5 Å². The molecule has 1 aromatic carbocycles. The molecular weight excluding hydrogens is 489 g/mol. The van der Waals surface area contributed by atoms with Crippen LogP contribution >= 0.6 is 0 Å². The molecule has 1 aliphatic carbocycles. The molecule has 0 unspecified atom stereocenters. The molecule has 2 fully saturated rings. The Kier molecular flexibility index (Phi) is 6.94. The minimum atomic E-state index is -4.48. The number of halogens is 3. The van der Waals surface area contributed by atoms with Gasteiger partial charge in [-0.3, -0.25) is 4.99 Å². The summed E-state index contributed by atoms with van der Waals surface area (Å²) in [6.07, 6.45) is 5.87. The molecule has 0 atom stereocenters. The quantitative estimate of drug-likeness (QED) is 0.261. The van der Waals surface area contributed by atoms with E-state index in [1.165, 1.54) is 11.6 Å². The molecule has 6 nitrogen and oxygen atoms in total. The van der Waals surface area contributed by atoms with Crippen LogP contribution in [0.4, 0.5) is 18.9 Å². The standard InChI is InChI=1S/C29H37F3N6/c1-20-37(23-8-5-7-21(15-23)28(9-6-10-28)17-26(33-3)36-34-4)19-25-24(29(30,31)32)16-22(18-38(20)25)27(2)11-13-35-14-12-27/h5,7-8,15-16,18-19,34-35H,1,6,9-14,17H2,2-4H3,(H,33,36). The van der Waals surface area contributed by atoms with E-state index in [4.69, 9.17) is 0 Å². The summed E-state index contributed by atoms with van der Waals surface area (Å²) in [6, 6.07) is 8.14. The molecule has 204 valence electrons. The summed E-state index contributed by atoms with van der Waals surface area (Å²) in [5, 5.41) is 3.32. The van der Waals surface area contributed by atoms with Crippen LogP contribution in [-0.4, -0.2) is 44.1 Å². The highest BCUT2D eigenvalue weighted by Crippen LogP contribution is 2.50. The number of amidine groups is 1. The molecule has 1 saturated carbocycles. The predicted octanol–water partition coefficient (Wildman–Crippen LogP) is 5.46. The van der Waals surface area contributed by atoms with Gasteiger partial charge in [0.15, 0.2) is 0 Å². The molecule has 0 radical (unpaired) electrons. The lowest BCUT2D eigenvalue weighted by Gasteiger charge is -2.43. The van der Waals surface area contributed by atoms with E-state index in [-0.39, 0.29) is 16.5 Å². The number of benzene rings is 1. The molecule has 5 rings (SSSR count). The molecule has 3 N–H and O–H groups in total. The number of alkyl halides is 3. The molecule has 3 heterocycles. The first kappa shape index (κ1) is 26.6. The molecule has 9 heteroatoms. The van der Waals surface area contributed by atoms with Crippen molar-refractivity contribution in [1.82, 2.24) is 21.1 Å². The summed E-state index contributed by atoms with van der Waals surface area (Å²) in [6.45, 7) is 7.89. The number of nitrogens with one attached hydrogen (secondary N) is 3. The normalized spacial score (nSPS) is 22.8. The fraction of sp³-hybridized carbons (Fsp3) is 0.483. The van der Waals surface area contributed by atoms with Gasteiger partial charge in [-0.2, -0.15) is 13.2 Å². The van der Waals surface area contributed by atoms with E-state index in [2.05, 4.69) is 46.8 Å². The first-order chi connectivity index (χ1) is 18.1. The Hall–Kier alpha value is -3.04. The van der Waals surface area contributed by atoms with Gasteiger partial charge >= 0.3 is 6.18 Å². The van der Waals surface area contributed by atoms with E-state index >= 15 is 0 Å². The van der Waals surface area contributed by atoms with E-state index in [1.807, 2.05) is 25.4 Å². The highest BCUT2D eigenvalue weighted by Gasteiger charge is 2.46. The fourth-order valence-corrected chi connectivity index (χ4v) is 6.11. The monoisotopic (exact) mass is 526 g/mol. The summed E-state index contributed by atoms with van der Waals surface area (Å²) in [4.78, 5) is 7.80. The number of aliphatic imine (C=N–C) groups is 1. The summed E-state index contributed by atoms with van der Waals surface area (Å²) in [7, 11) is 3.59. The van der Waals surface area contributed by atoms with Crippen molar-refractivity contribution in [2.75, 3.05) is 32.1 Å². The van der Waals surface area contributed by atoms with Crippen LogP contribution in [0.1, 0.15) is 51.0 Å². The van der Waals surface area contributed by atoms with E-state index in [0.29, 0.717) is 11.4 Å². The van der Waals surface area contributed by atoms with Crippen molar-refractivity contribution in [3.05, 3.63) is 77.5 Å². The lowest BCUT2D eigenvalue weighted by atomic mass is 9.62. The topological polar surface area (TPSA) is 54.9 Å². The van der Waals surface area contributed by atoms with Crippen LogP contribution in [0.15, 0.2) is 77.0 Å². The van der Waals surface area contributed by atoms with Gasteiger partial charge in [0.2, 0.25) is 0 Å². The van der Waals surface area contributed by atoms with E-state index in [0.717, 1.165) is 63.1 Å². The van der Waals surface area contributed by atoms with Crippen LogP contribution in [0, 0.1) is 5.41 Å². The molecule has 0 bridgehead atoms. The maximum Gasteiger partial charge on any atom is 0.418 e. The van der Waals surface area contributed by atoms with Gasteiger partial charge in [-0.15, -0.1) is 0 Å². The van der Waals surface area contributed by atoms with Gasteiger partial charge in [0.25, 0.3) is 0 Å². The van der Waals surface area contributed by atoms with Gasteiger partial charge in [-0.05, 0) is 73.5 Å². The van der Waals surface area contributed by atoms with Crippen LogP contribution in [0.2, 0.25) is 0 Å². The fourth-order valence-electron chi connectivity index (χ4n) is 6.11. The number of hydrogen-bond acceptors (Lipinski definition) is 5. The predicted molar refractivity (Wildman–Crippen MR) is 146 cm³/mol. The molecule has 38 heavy (non-hydrogen) atoms. The number of hydrogen-bond donors (Lipinski definition) is 3. The number of hydrazine groups is 1. The van der Waals surface area contributed by atoms with E-state index < -0.39 is 11.7 Å². The average molecular weight is 527 g/mol. The van der Waals surface area contributed by atoms with Crippen molar-refractivity contribution in [3.63, 3.8) is 0 Å². The molecule has 1 saturated heterocycles. The molecule has 0 spiro atoms. The lowest BCUT2D eigenvalue weighted by molar-refractivity contribution is -0.0910. The van der Waals surface area contributed by atoms with Crippen LogP contribution in [0.5, 0.6) is 0 Å². The molecule has 0 aromatic heterocycles. The smallest absolute Gasteiger partial charge is 0.317 e. The van der Waals surface area contributed by atoms with Crippen molar-refractivity contribution in [3.8, 4) is 0 Å². The van der Waals surface area contributed by atoms with Crippen molar-refractivity contribution < 1.29 is 13.2 Å². The van der Waals surface area contributed by atoms with Gasteiger partial charge in [0, 0.05) is 44.0 Å². The highest BCUT2D eigenvalue weighted by molar-refractivity contribution is 5.83. The second-order valence-corrected chi connectivity index (χ2v) is 11.0. The maximum absolute atomic E-state index is 14.3. The van der Waals surface area contributed by atoms with Crippen molar-refractivity contribution in [2.45, 2.75) is 57.0 Å². The summed E-state index contributed by atoms with van der Waals surface area (Å²) in [5.41, 5.74) is 7.89. The molecule has 1 aromatic rings. The number of piperidine rings is 1. The van der Waals surface area contributed by atoms with Crippen LogP contribution in [0.3, 0.4) is 0 Å². The first-order valence-electron chi connectivity index (χ1n) is 13.3. The number of fused-ring (bicyclic) bond motifs is 1. The summed E-state index contributed by atoms with van der Waals surface area (Å²) >= 11 is 0. The number of rotatable bonds is 6. The summed E-state index contributed by atoms with van der Waals surface area (Å²) < 4.78 is 43.0. The minimum Gasteiger partial charge on any atom is -0.317 e. The number of anilines is 1. The van der Waals surface area contributed by atoms with Crippen LogP contribution < -0.4 is 21.1 Å². The Balaban J connectivity index is 1.49. The molecule has 3 aliphatic heterocycles. The third-order valence-electron chi connectivity index (χ3n) is 8.71. The average Bonchev–Trinajstić information content (AvgIpc) is 3.21. The second kappa shape index (κ2) is 9.93. The Bertz CT molecular complexity index is 1210. The minimum absolute atomic E-state index is 0.0519. The molecular formula is C29H37F3N6.